The number of nitrogens with one attached hydrogen (secondary N) is 1. The Morgan fingerprint density at radius 3 is 2.65 bits per heavy atom. The molecule has 1 aromatic carbocycles. The molecule has 0 saturated carbocycles. The smallest absolute Gasteiger partial charge is 0.293 e. The molecule has 7 nitrogen and oxygen atoms in total. The van der Waals surface area contributed by atoms with Gasteiger partial charge in [-0.15, -0.1) is 0 Å². The van der Waals surface area contributed by atoms with Crippen LogP contribution in [0.2, 0.25) is 0 Å². The van der Waals surface area contributed by atoms with E-state index in [1.54, 1.807) is 12.1 Å². The van der Waals surface area contributed by atoms with Crippen LogP contribution in [0.5, 0.6) is 0 Å². The molecule has 10 heteroatoms. The monoisotopic (exact) mass is 409 g/mol. The molecular weight excluding hydrogens is 394 g/mol. The van der Waals surface area contributed by atoms with Gasteiger partial charge in [-0.3, -0.25) is 10.1 Å². The van der Waals surface area contributed by atoms with E-state index in [0.29, 0.717) is 10.3 Å². The number of anilines is 1. The molecule has 3 aromatic rings. The van der Waals surface area contributed by atoms with Crippen molar-refractivity contribution in [3.05, 3.63) is 47.7 Å². The third kappa shape index (κ3) is 3.97. The Balaban J connectivity index is 1.78. The summed E-state index contributed by atoms with van der Waals surface area (Å²) in [5.41, 5.74) is 0.945. The van der Waals surface area contributed by atoms with Crippen LogP contribution in [0.15, 0.2) is 56.0 Å². The summed E-state index contributed by atoms with van der Waals surface area (Å²) in [5, 5.41) is 3.17. The normalized spacial score (nSPS) is 11.5. The Kier molecular flexibility index (Phi) is 5.44. The van der Waals surface area contributed by atoms with Crippen molar-refractivity contribution >= 4 is 44.2 Å². The molecule has 0 atom stereocenters. The van der Waals surface area contributed by atoms with Gasteiger partial charge in [-0.05, 0) is 36.9 Å². The number of thioether (sulfide) groups is 1. The van der Waals surface area contributed by atoms with Crippen molar-refractivity contribution in [2.75, 3.05) is 11.1 Å². The van der Waals surface area contributed by atoms with E-state index in [1.165, 1.54) is 36.0 Å². The third-order valence-corrected chi connectivity index (χ3v) is 6.42. The maximum atomic E-state index is 12.6. The molecule has 0 radical (unpaired) electrons. The Morgan fingerprint density at radius 1 is 1.23 bits per heavy atom. The first kappa shape index (κ1) is 18.6. The molecule has 0 aliphatic rings. The summed E-state index contributed by atoms with van der Waals surface area (Å²) in [5.74, 6) is 0.123. The number of rotatable bonds is 6. The summed E-state index contributed by atoms with van der Waals surface area (Å²) in [6.07, 6.45) is 0. The van der Waals surface area contributed by atoms with Crippen molar-refractivity contribution in [1.82, 2.24) is 9.36 Å². The molecule has 0 spiro atoms. The fourth-order valence-corrected chi connectivity index (χ4v) is 4.47. The highest BCUT2D eigenvalue weighted by atomic mass is 32.2. The number of hydrogen-bond acceptors (Lipinski definition) is 8. The van der Waals surface area contributed by atoms with Gasteiger partial charge in [0.2, 0.25) is 25.2 Å². The second kappa shape index (κ2) is 7.60. The van der Waals surface area contributed by atoms with Gasteiger partial charge in [0.15, 0.2) is 5.76 Å². The molecule has 0 bridgehead atoms. The lowest BCUT2D eigenvalue weighted by molar-refractivity contribution is 0.0991. The first-order chi connectivity index (χ1) is 12.4. The number of aromatic nitrogens is 2. The van der Waals surface area contributed by atoms with Crippen LogP contribution in [-0.4, -0.2) is 29.4 Å². The van der Waals surface area contributed by atoms with Gasteiger partial charge in [-0.25, -0.2) is 8.42 Å². The van der Waals surface area contributed by atoms with Crippen molar-refractivity contribution in [2.24, 2.45) is 0 Å². The van der Waals surface area contributed by atoms with E-state index >= 15 is 0 Å². The maximum Gasteiger partial charge on any atom is 0.293 e. The van der Waals surface area contributed by atoms with Gasteiger partial charge in [0, 0.05) is 11.5 Å². The number of nitrogens with zero attached hydrogens (tertiary/aromatic N) is 2. The zero-order valence-corrected chi connectivity index (χ0v) is 16.4. The molecule has 0 saturated heterocycles. The van der Waals surface area contributed by atoms with Crippen LogP contribution in [0.3, 0.4) is 0 Å². The van der Waals surface area contributed by atoms with Crippen LogP contribution in [0.4, 0.5) is 5.13 Å². The minimum absolute atomic E-state index is 0.106. The van der Waals surface area contributed by atoms with Gasteiger partial charge >= 0.3 is 0 Å². The van der Waals surface area contributed by atoms with E-state index in [1.807, 2.05) is 13.8 Å². The molecule has 136 valence electrons. The van der Waals surface area contributed by atoms with Crippen LogP contribution in [0.1, 0.15) is 23.0 Å². The lowest BCUT2D eigenvalue weighted by Gasteiger charge is -2.02. The van der Waals surface area contributed by atoms with Gasteiger partial charge in [-0.2, -0.15) is 9.36 Å². The number of hydrogen-bond donors (Lipinski definition) is 1. The van der Waals surface area contributed by atoms with Crippen LogP contribution in [0, 0.1) is 6.92 Å². The van der Waals surface area contributed by atoms with Gasteiger partial charge in [-0.1, -0.05) is 36.4 Å². The van der Waals surface area contributed by atoms with E-state index in [9.17, 15) is 13.2 Å². The third-order valence-electron chi connectivity index (χ3n) is 3.30. The largest absolute Gasteiger partial charge is 0.439 e. The van der Waals surface area contributed by atoms with Gasteiger partial charge in [0.25, 0.3) is 5.91 Å². The molecule has 1 N–H and O–H groups in total. The van der Waals surface area contributed by atoms with Crippen molar-refractivity contribution in [1.29, 1.82) is 0 Å². The van der Waals surface area contributed by atoms with Crippen molar-refractivity contribution < 1.29 is 17.6 Å². The number of benzene rings is 1. The van der Waals surface area contributed by atoms with E-state index in [0.717, 1.165) is 22.8 Å². The second-order valence-corrected chi connectivity index (χ2v) is 9.07. The summed E-state index contributed by atoms with van der Waals surface area (Å²) in [6, 6.07) is 8.99. The van der Waals surface area contributed by atoms with E-state index in [-0.39, 0.29) is 15.7 Å². The predicted octanol–water partition coefficient (Wildman–Crippen LogP) is 3.64. The van der Waals surface area contributed by atoms with Crippen molar-refractivity contribution in [3.63, 3.8) is 0 Å². The lowest BCUT2D eigenvalue weighted by atomic mass is 10.2. The number of furan rings is 1. The molecular formula is C16H15N3O4S3. The second-order valence-electron chi connectivity index (χ2n) is 5.20. The highest BCUT2D eigenvalue weighted by Crippen LogP contribution is 2.24. The number of sulfone groups is 1. The molecule has 0 unspecified atom stereocenters. The van der Waals surface area contributed by atoms with E-state index in [4.69, 9.17) is 4.42 Å². The summed E-state index contributed by atoms with van der Waals surface area (Å²) in [6.45, 7) is 3.84. The number of carbonyl (C=O) groups excluding carboxylic acids is 1. The van der Waals surface area contributed by atoms with Gasteiger partial charge in [0.05, 0.1) is 4.90 Å². The average Bonchev–Trinajstić information content (AvgIpc) is 3.25. The van der Waals surface area contributed by atoms with Gasteiger partial charge in [0.1, 0.15) is 0 Å². The highest BCUT2D eigenvalue weighted by molar-refractivity contribution is 7.99. The Hall–Kier alpha value is -2.17. The summed E-state index contributed by atoms with van der Waals surface area (Å²) in [7, 11) is -3.82. The van der Waals surface area contributed by atoms with Crippen LogP contribution in [0.25, 0.3) is 0 Å². The van der Waals surface area contributed by atoms with Crippen LogP contribution >= 0.6 is 23.3 Å². The standard InChI is InChI=1S/C16H15N3O4S3/c1-3-24-16-18-15(25-19-16)17-14(20)12-8-9-13(23-12)26(21,22)11-6-4-10(2)5-7-11/h4-9H,3H2,1-2H3,(H,17,18,19,20). The predicted molar refractivity (Wildman–Crippen MR) is 99.6 cm³/mol. The Labute approximate surface area is 158 Å². The SMILES string of the molecule is CCSc1nsc(NC(=O)c2ccc(S(=O)(=O)c3ccc(C)cc3)o2)n1. The molecule has 0 aliphatic carbocycles. The maximum absolute atomic E-state index is 12.6. The van der Waals surface area contributed by atoms with E-state index in [2.05, 4.69) is 14.7 Å². The van der Waals surface area contributed by atoms with Crippen molar-refractivity contribution in [2.45, 2.75) is 29.0 Å². The quantitative estimate of drug-likeness (QED) is 0.620. The molecule has 0 fully saturated rings. The topological polar surface area (TPSA) is 102 Å². The minimum Gasteiger partial charge on any atom is -0.439 e. The first-order valence-corrected chi connectivity index (χ1v) is 10.8. The molecule has 3 rings (SSSR count). The zero-order chi connectivity index (χ0) is 18.7. The summed E-state index contributed by atoms with van der Waals surface area (Å²) in [4.78, 5) is 16.5. The fourth-order valence-electron chi connectivity index (χ4n) is 2.03. The molecule has 26 heavy (non-hydrogen) atoms. The molecule has 1 amide bonds. The fraction of sp³-hybridized carbons (Fsp3) is 0.188. The number of aryl methyl sites for hydroxylation is 1. The summed E-state index contributed by atoms with van der Waals surface area (Å²) >= 11 is 2.51. The summed E-state index contributed by atoms with van der Waals surface area (Å²) < 4.78 is 34.5. The Morgan fingerprint density at radius 2 is 1.96 bits per heavy atom. The number of carbonyl (C=O) groups is 1. The molecule has 2 heterocycles. The van der Waals surface area contributed by atoms with Gasteiger partial charge < -0.3 is 4.42 Å². The van der Waals surface area contributed by atoms with Crippen molar-refractivity contribution in [3.8, 4) is 0 Å². The minimum atomic E-state index is -3.82. The molecule has 0 aliphatic heterocycles. The van der Waals surface area contributed by atoms with E-state index < -0.39 is 15.7 Å². The lowest BCUT2D eigenvalue weighted by Crippen LogP contribution is -2.10. The highest BCUT2D eigenvalue weighted by Gasteiger charge is 2.24. The zero-order valence-electron chi connectivity index (χ0n) is 13.9. The Bertz CT molecular complexity index is 1020. The average molecular weight is 410 g/mol. The van der Waals surface area contributed by atoms with Crippen LogP contribution in [-0.2, 0) is 9.84 Å². The first-order valence-electron chi connectivity index (χ1n) is 7.59. The van der Waals surface area contributed by atoms with Crippen LogP contribution < -0.4 is 5.32 Å². The number of amides is 1. The molecule has 2 aromatic heterocycles.